The molecule has 0 amide bonds. The standard InChI is InChI=1S/C39H40BrCl2NO4/c1-6-46-33-16-25(15-26(40)37(33)47-22-24-12-13-27(41)28(42)14-24)34-35-29(17-38(2,3)19-31(35)44)43(21-23-10-8-7-9-11-23)30-18-39(4,5)20-32(45)36(30)34/h7-16,34H,6,17-22H2,1-5H3. The summed E-state index contributed by atoms with van der Waals surface area (Å²) in [7, 11) is 0. The molecule has 6 rings (SSSR count). The highest BCUT2D eigenvalue weighted by molar-refractivity contribution is 9.10. The first-order valence-electron chi connectivity index (χ1n) is 16.1. The molecule has 5 nitrogen and oxygen atoms in total. The van der Waals surface area contributed by atoms with Gasteiger partial charge in [0.25, 0.3) is 0 Å². The van der Waals surface area contributed by atoms with Crippen LogP contribution < -0.4 is 9.47 Å². The van der Waals surface area contributed by atoms with Crippen molar-refractivity contribution in [3.05, 3.63) is 114 Å². The molecule has 0 bridgehead atoms. The topological polar surface area (TPSA) is 55.8 Å². The second-order valence-corrected chi connectivity index (χ2v) is 16.1. The number of hydrogen-bond acceptors (Lipinski definition) is 5. The molecule has 0 N–H and O–H groups in total. The van der Waals surface area contributed by atoms with E-state index in [4.69, 9.17) is 32.7 Å². The molecule has 3 aliphatic rings. The first kappa shape index (κ1) is 33.8. The maximum atomic E-state index is 14.3. The minimum absolute atomic E-state index is 0.0949. The van der Waals surface area contributed by atoms with Crippen LogP contribution in [0.3, 0.4) is 0 Å². The number of allylic oxidation sites excluding steroid dienone is 4. The fourth-order valence-corrected chi connectivity index (χ4v) is 8.18. The lowest BCUT2D eigenvalue weighted by Crippen LogP contribution is -2.44. The second kappa shape index (κ2) is 13.1. The zero-order chi connectivity index (χ0) is 33.7. The summed E-state index contributed by atoms with van der Waals surface area (Å²) in [6.07, 6.45) is 2.34. The van der Waals surface area contributed by atoms with E-state index in [9.17, 15) is 9.59 Å². The van der Waals surface area contributed by atoms with Gasteiger partial charge in [0.2, 0.25) is 0 Å². The maximum absolute atomic E-state index is 14.3. The number of ketones is 2. The van der Waals surface area contributed by atoms with Crippen molar-refractivity contribution in [2.45, 2.75) is 79.4 Å². The normalized spacial score (nSPS) is 19.1. The third kappa shape index (κ3) is 6.93. The molecule has 0 radical (unpaired) electrons. The predicted molar refractivity (Wildman–Crippen MR) is 191 cm³/mol. The average molecular weight is 738 g/mol. The number of nitrogens with zero attached hydrogens (tertiary/aromatic N) is 1. The fourth-order valence-electron chi connectivity index (χ4n) is 7.28. The van der Waals surface area contributed by atoms with Gasteiger partial charge in [-0.1, -0.05) is 87.3 Å². The van der Waals surface area contributed by atoms with Crippen molar-refractivity contribution >= 4 is 50.7 Å². The van der Waals surface area contributed by atoms with Crippen LogP contribution in [-0.2, 0) is 22.7 Å². The molecule has 8 heteroatoms. The number of carbonyl (C=O) groups excluding carboxylic acids is 2. The molecular formula is C39H40BrCl2NO4. The van der Waals surface area contributed by atoms with E-state index in [0.29, 0.717) is 52.0 Å². The van der Waals surface area contributed by atoms with Crippen LogP contribution >= 0.6 is 39.1 Å². The number of benzene rings is 3. The summed E-state index contributed by atoms with van der Waals surface area (Å²) in [6.45, 7) is 11.8. The number of halogens is 3. The molecule has 3 aromatic carbocycles. The predicted octanol–water partition coefficient (Wildman–Crippen LogP) is 10.6. The Labute approximate surface area is 296 Å². The Morgan fingerprint density at radius 3 is 1.98 bits per heavy atom. The summed E-state index contributed by atoms with van der Waals surface area (Å²) >= 11 is 16.1. The molecule has 2 aliphatic carbocycles. The Balaban J connectivity index is 1.50. The van der Waals surface area contributed by atoms with E-state index in [1.165, 1.54) is 0 Å². The molecule has 47 heavy (non-hydrogen) atoms. The van der Waals surface area contributed by atoms with Crippen molar-refractivity contribution in [3.63, 3.8) is 0 Å². The van der Waals surface area contributed by atoms with Gasteiger partial charge in [-0.25, -0.2) is 0 Å². The number of Topliss-reactive ketones (excluding diaryl/α,β-unsaturated/α-hetero) is 2. The molecule has 0 saturated heterocycles. The molecule has 1 aliphatic heterocycles. The minimum Gasteiger partial charge on any atom is -0.490 e. The summed E-state index contributed by atoms with van der Waals surface area (Å²) in [5, 5.41) is 0.939. The largest absolute Gasteiger partial charge is 0.490 e. The Kier molecular flexibility index (Phi) is 9.43. The van der Waals surface area contributed by atoms with Gasteiger partial charge in [0.15, 0.2) is 23.1 Å². The van der Waals surface area contributed by atoms with Gasteiger partial charge in [-0.3, -0.25) is 9.59 Å². The zero-order valence-electron chi connectivity index (χ0n) is 27.5. The van der Waals surface area contributed by atoms with Crippen molar-refractivity contribution < 1.29 is 19.1 Å². The van der Waals surface area contributed by atoms with Gasteiger partial charge in [0, 0.05) is 47.8 Å². The third-order valence-corrected chi connectivity index (χ3v) is 10.6. The summed E-state index contributed by atoms with van der Waals surface area (Å²) in [5.41, 5.74) is 5.93. The molecule has 0 unspecified atom stereocenters. The Bertz CT molecular complexity index is 1760. The lowest BCUT2D eigenvalue weighted by atomic mass is 9.63. The summed E-state index contributed by atoms with van der Waals surface area (Å²) in [5.74, 6) is 0.771. The molecular weight excluding hydrogens is 697 g/mol. The van der Waals surface area contributed by atoms with E-state index in [0.717, 1.165) is 52.1 Å². The highest BCUT2D eigenvalue weighted by Gasteiger charge is 2.49. The van der Waals surface area contributed by atoms with Gasteiger partial charge in [0.05, 0.1) is 21.1 Å². The average Bonchev–Trinajstić information content (AvgIpc) is 2.98. The quantitative estimate of drug-likeness (QED) is 0.230. The van der Waals surface area contributed by atoms with Crippen LogP contribution in [0, 0.1) is 10.8 Å². The number of hydrogen-bond donors (Lipinski definition) is 0. The van der Waals surface area contributed by atoms with Gasteiger partial charge in [-0.05, 0) is 87.5 Å². The van der Waals surface area contributed by atoms with E-state index < -0.39 is 5.92 Å². The molecule has 0 fully saturated rings. The Hall–Kier alpha value is -3.06. The third-order valence-electron chi connectivity index (χ3n) is 9.24. The van der Waals surface area contributed by atoms with Gasteiger partial charge >= 0.3 is 0 Å². The smallest absolute Gasteiger partial charge is 0.175 e. The van der Waals surface area contributed by atoms with E-state index >= 15 is 0 Å². The van der Waals surface area contributed by atoms with Gasteiger partial charge in [-0.15, -0.1) is 0 Å². The van der Waals surface area contributed by atoms with Crippen molar-refractivity contribution in [2.75, 3.05) is 6.61 Å². The van der Waals surface area contributed by atoms with Gasteiger partial charge in [-0.2, -0.15) is 0 Å². The van der Waals surface area contributed by atoms with Crippen LogP contribution in [0.2, 0.25) is 10.0 Å². The van der Waals surface area contributed by atoms with Crippen molar-refractivity contribution in [1.29, 1.82) is 0 Å². The van der Waals surface area contributed by atoms with E-state index in [1.807, 2.05) is 43.3 Å². The SMILES string of the molecule is CCOc1cc(C2C3=C(CC(C)(C)CC3=O)N(Cc3ccccc3)C3=C2C(=O)CC(C)(C)C3)cc(Br)c1OCc1ccc(Cl)c(Cl)c1. The van der Waals surface area contributed by atoms with Crippen molar-refractivity contribution in [3.8, 4) is 11.5 Å². The number of rotatable bonds is 8. The summed E-state index contributed by atoms with van der Waals surface area (Å²) in [6, 6.07) is 19.6. The maximum Gasteiger partial charge on any atom is 0.175 e. The van der Waals surface area contributed by atoms with Crippen LogP contribution in [0.15, 0.2) is 87.7 Å². The van der Waals surface area contributed by atoms with E-state index in [2.05, 4.69) is 60.7 Å². The number of carbonyl (C=O) groups is 2. The van der Waals surface area contributed by atoms with Crippen LogP contribution in [0.1, 0.15) is 82.9 Å². The Morgan fingerprint density at radius 1 is 0.787 bits per heavy atom. The monoisotopic (exact) mass is 735 g/mol. The lowest BCUT2D eigenvalue weighted by molar-refractivity contribution is -0.119. The molecule has 3 aromatic rings. The molecule has 0 saturated carbocycles. The van der Waals surface area contributed by atoms with E-state index in [1.54, 1.807) is 12.1 Å². The Morgan fingerprint density at radius 2 is 1.40 bits per heavy atom. The molecule has 246 valence electrons. The minimum atomic E-state index is -0.501. The van der Waals surface area contributed by atoms with Crippen LogP contribution in [0.25, 0.3) is 0 Å². The van der Waals surface area contributed by atoms with Crippen LogP contribution in [-0.4, -0.2) is 23.1 Å². The van der Waals surface area contributed by atoms with Gasteiger partial charge < -0.3 is 14.4 Å². The first-order chi connectivity index (χ1) is 22.3. The van der Waals surface area contributed by atoms with Gasteiger partial charge in [0.1, 0.15) is 6.61 Å². The lowest BCUT2D eigenvalue weighted by Gasteiger charge is -2.49. The van der Waals surface area contributed by atoms with Crippen LogP contribution in [0.4, 0.5) is 0 Å². The molecule has 0 aromatic heterocycles. The fraction of sp³-hybridized carbons (Fsp3) is 0.385. The highest BCUT2D eigenvalue weighted by Crippen LogP contribution is 2.56. The molecule has 0 atom stereocenters. The second-order valence-electron chi connectivity index (χ2n) is 14.4. The van der Waals surface area contributed by atoms with E-state index in [-0.39, 0.29) is 29.0 Å². The summed E-state index contributed by atoms with van der Waals surface area (Å²) < 4.78 is 13.1. The molecule has 1 heterocycles. The molecule has 0 spiro atoms. The number of ether oxygens (including phenoxy) is 2. The van der Waals surface area contributed by atoms with Crippen molar-refractivity contribution in [2.24, 2.45) is 10.8 Å². The zero-order valence-corrected chi connectivity index (χ0v) is 30.6. The van der Waals surface area contributed by atoms with Crippen molar-refractivity contribution in [1.82, 2.24) is 4.90 Å². The first-order valence-corrected chi connectivity index (χ1v) is 17.7. The highest BCUT2D eigenvalue weighted by atomic mass is 79.9. The summed E-state index contributed by atoms with van der Waals surface area (Å²) in [4.78, 5) is 30.9. The van der Waals surface area contributed by atoms with Crippen LogP contribution in [0.5, 0.6) is 11.5 Å².